The first-order valence-electron chi connectivity index (χ1n) is 5.03. The van der Waals surface area contributed by atoms with Gasteiger partial charge in [-0.3, -0.25) is 0 Å². The number of hydrogen-bond acceptors (Lipinski definition) is 2. The van der Waals surface area contributed by atoms with Crippen molar-refractivity contribution in [2.24, 2.45) is 5.73 Å². The third-order valence-corrected chi connectivity index (χ3v) is 3.49. The molecule has 2 heteroatoms. The van der Waals surface area contributed by atoms with Crippen LogP contribution >= 0.6 is 11.8 Å². The van der Waals surface area contributed by atoms with Gasteiger partial charge in [0.25, 0.3) is 0 Å². The Balaban J connectivity index is 2.85. The Morgan fingerprint density at radius 3 is 2.64 bits per heavy atom. The average molecular weight is 209 g/mol. The maximum absolute atomic E-state index is 5.56. The first kappa shape index (κ1) is 11.6. The van der Waals surface area contributed by atoms with E-state index in [1.807, 2.05) is 0 Å². The Bertz CT molecular complexity index is 296. The lowest BCUT2D eigenvalue weighted by Crippen LogP contribution is -2.04. The number of rotatable bonds is 4. The van der Waals surface area contributed by atoms with E-state index in [4.69, 9.17) is 5.73 Å². The summed E-state index contributed by atoms with van der Waals surface area (Å²) in [5.41, 5.74) is 8.34. The summed E-state index contributed by atoms with van der Waals surface area (Å²) >= 11 is 1.80. The second-order valence-electron chi connectivity index (χ2n) is 3.71. The molecule has 0 aromatic heterocycles. The SMILES string of the molecule is CSc1ccc(C(C)CCN)cc1C. The molecule has 0 bridgehead atoms. The molecule has 0 heterocycles. The molecular formula is C12H19NS. The molecule has 0 spiro atoms. The molecule has 0 saturated heterocycles. The van der Waals surface area contributed by atoms with Crippen LogP contribution in [0.5, 0.6) is 0 Å². The van der Waals surface area contributed by atoms with Crippen LogP contribution in [0, 0.1) is 6.92 Å². The highest BCUT2D eigenvalue weighted by Crippen LogP contribution is 2.25. The van der Waals surface area contributed by atoms with Crippen LogP contribution in [0.3, 0.4) is 0 Å². The van der Waals surface area contributed by atoms with Gasteiger partial charge >= 0.3 is 0 Å². The summed E-state index contributed by atoms with van der Waals surface area (Å²) in [4.78, 5) is 1.37. The molecule has 1 unspecified atom stereocenters. The highest BCUT2D eigenvalue weighted by molar-refractivity contribution is 7.98. The van der Waals surface area contributed by atoms with Crippen molar-refractivity contribution in [3.63, 3.8) is 0 Å². The average Bonchev–Trinajstić information content (AvgIpc) is 2.18. The van der Waals surface area contributed by atoms with E-state index in [-0.39, 0.29) is 0 Å². The van der Waals surface area contributed by atoms with Crippen LogP contribution in [0.2, 0.25) is 0 Å². The van der Waals surface area contributed by atoms with Gasteiger partial charge in [0.15, 0.2) is 0 Å². The molecule has 78 valence electrons. The zero-order chi connectivity index (χ0) is 10.6. The number of nitrogens with two attached hydrogens (primary N) is 1. The van der Waals surface area contributed by atoms with Crippen molar-refractivity contribution in [2.75, 3.05) is 12.8 Å². The second kappa shape index (κ2) is 5.42. The summed E-state index contributed by atoms with van der Waals surface area (Å²) < 4.78 is 0. The van der Waals surface area contributed by atoms with Crippen molar-refractivity contribution in [1.29, 1.82) is 0 Å². The molecule has 1 aromatic rings. The fourth-order valence-corrected chi connectivity index (χ4v) is 2.21. The van der Waals surface area contributed by atoms with Crippen molar-refractivity contribution in [3.8, 4) is 0 Å². The zero-order valence-electron chi connectivity index (χ0n) is 9.21. The lowest BCUT2D eigenvalue weighted by molar-refractivity contribution is 0.689. The van der Waals surface area contributed by atoms with Gasteiger partial charge in [-0.2, -0.15) is 0 Å². The minimum absolute atomic E-state index is 0.578. The fraction of sp³-hybridized carbons (Fsp3) is 0.500. The third-order valence-electron chi connectivity index (χ3n) is 2.59. The van der Waals surface area contributed by atoms with Crippen molar-refractivity contribution in [3.05, 3.63) is 29.3 Å². The zero-order valence-corrected chi connectivity index (χ0v) is 10.0. The highest BCUT2D eigenvalue weighted by atomic mass is 32.2. The Labute approximate surface area is 91.1 Å². The number of thioether (sulfide) groups is 1. The van der Waals surface area contributed by atoms with E-state index in [1.54, 1.807) is 11.8 Å². The second-order valence-corrected chi connectivity index (χ2v) is 4.56. The first-order valence-corrected chi connectivity index (χ1v) is 6.26. The summed E-state index contributed by atoms with van der Waals surface area (Å²) in [7, 11) is 0. The van der Waals surface area contributed by atoms with Crippen LogP contribution in [0.25, 0.3) is 0 Å². The van der Waals surface area contributed by atoms with Crippen LogP contribution < -0.4 is 5.73 Å². The minimum Gasteiger partial charge on any atom is -0.330 e. The maximum atomic E-state index is 5.56. The van der Waals surface area contributed by atoms with Gasteiger partial charge < -0.3 is 5.73 Å². The van der Waals surface area contributed by atoms with Gasteiger partial charge in [0.1, 0.15) is 0 Å². The predicted molar refractivity (Wildman–Crippen MR) is 65.0 cm³/mol. The minimum atomic E-state index is 0.578. The molecule has 14 heavy (non-hydrogen) atoms. The molecule has 0 saturated carbocycles. The van der Waals surface area contributed by atoms with Gasteiger partial charge in [0.2, 0.25) is 0 Å². The lowest BCUT2D eigenvalue weighted by atomic mass is 9.96. The summed E-state index contributed by atoms with van der Waals surface area (Å²) in [6.45, 7) is 5.18. The summed E-state index contributed by atoms with van der Waals surface area (Å²) in [5, 5.41) is 0. The van der Waals surface area contributed by atoms with Crippen molar-refractivity contribution in [2.45, 2.75) is 31.1 Å². The van der Waals surface area contributed by atoms with Crippen LogP contribution in [0.15, 0.2) is 23.1 Å². The molecule has 2 N–H and O–H groups in total. The first-order chi connectivity index (χ1) is 6.69. The van der Waals surface area contributed by atoms with Gasteiger partial charge in [-0.25, -0.2) is 0 Å². The summed E-state index contributed by atoms with van der Waals surface area (Å²) in [6, 6.07) is 6.72. The van der Waals surface area contributed by atoms with Gasteiger partial charge in [0, 0.05) is 4.90 Å². The van der Waals surface area contributed by atoms with E-state index in [9.17, 15) is 0 Å². The predicted octanol–water partition coefficient (Wildman–Crippen LogP) is 3.17. The van der Waals surface area contributed by atoms with Crippen LogP contribution in [0.4, 0.5) is 0 Å². The molecule has 1 nitrogen and oxygen atoms in total. The van der Waals surface area contributed by atoms with E-state index in [0.29, 0.717) is 5.92 Å². The van der Waals surface area contributed by atoms with E-state index in [2.05, 4.69) is 38.3 Å². The molecule has 1 atom stereocenters. The third kappa shape index (κ3) is 2.76. The lowest BCUT2D eigenvalue weighted by Gasteiger charge is -2.12. The van der Waals surface area contributed by atoms with Gasteiger partial charge in [-0.15, -0.1) is 11.8 Å². The van der Waals surface area contributed by atoms with Crippen LogP contribution in [-0.2, 0) is 0 Å². The largest absolute Gasteiger partial charge is 0.330 e. The summed E-state index contributed by atoms with van der Waals surface area (Å²) in [5.74, 6) is 0.578. The topological polar surface area (TPSA) is 26.0 Å². The molecule has 1 rings (SSSR count). The van der Waals surface area contributed by atoms with Crippen LogP contribution in [-0.4, -0.2) is 12.8 Å². The molecule has 1 aromatic carbocycles. The van der Waals surface area contributed by atoms with E-state index in [1.165, 1.54) is 16.0 Å². The standard InChI is InChI=1S/C12H19NS/c1-9(6-7-13)11-4-5-12(14-3)10(2)8-11/h4-5,8-9H,6-7,13H2,1-3H3. The van der Waals surface area contributed by atoms with Gasteiger partial charge in [-0.05, 0) is 49.3 Å². The molecule has 0 radical (unpaired) electrons. The Hall–Kier alpha value is -0.470. The molecule has 0 aliphatic rings. The van der Waals surface area contributed by atoms with Crippen molar-refractivity contribution >= 4 is 11.8 Å². The van der Waals surface area contributed by atoms with Gasteiger partial charge in [-0.1, -0.05) is 19.1 Å². The highest BCUT2D eigenvalue weighted by Gasteiger charge is 2.05. The fourth-order valence-electron chi connectivity index (χ4n) is 1.62. The van der Waals surface area contributed by atoms with Crippen LogP contribution in [0.1, 0.15) is 30.4 Å². The Kier molecular flexibility index (Phi) is 4.49. The quantitative estimate of drug-likeness (QED) is 0.771. The summed E-state index contributed by atoms with van der Waals surface area (Å²) in [6.07, 6.45) is 3.18. The molecule has 0 fully saturated rings. The van der Waals surface area contributed by atoms with E-state index < -0.39 is 0 Å². The van der Waals surface area contributed by atoms with Crippen molar-refractivity contribution < 1.29 is 0 Å². The maximum Gasteiger partial charge on any atom is 0.00985 e. The molecule has 0 aliphatic carbocycles. The molecular weight excluding hydrogens is 190 g/mol. The monoisotopic (exact) mass is 209 g/mol. The number of hydrogen-bond donors (Lipinski definition) is 1. The Morgan fingerprint density at radius 2 is 2.14 bits per heavy atom. The van der Waals surface area contributed by atoms with Gasteiger partial charge in [0.05, 0.1) is 0 Å². The van der Waals surface area contributed by atoms with E-state index in [0.717, 1.165) is 13.0 Å². The molecule has 0 amide bonds. The normalized spacial score (nSPS) is 12.9. The Morgan fingerprint density at radius 1 is 1.43 bits per heavy atom. The smallest absolute Gasteiger partial charge is 0.00985 e. The molecule has 0 aliphatic heterocycles. The van der Waals surface area contributed by atoms with Crippen molar-refractivity contribution in [1.82, 2.24) is 0 Å². The number of benzene rings is 1. The van der Waals surface area contributed by atoms with E-state index >= 15 is 0 Å². The number of aryl methyl sites for hydroxylation is 1.